The van der Waals surface area contributed by atoms with Gasteiger partial charge in [-0.15, -0.1) is 5.10 Å². The number of hydrogen-bond acceptors (Lipinski definition) is 6. The molecule has 1 atom stereocenters. The van der Waals surface area contributed by atoms with Crippen molar-refractivity contribution < 1.29 is 4.74 Å². The number of ether oxygens (including phenoxy) is 1. The molecule has 0 amide bonds. The average molecular weight is 489 g/mol. The lowest BCUT2D eigenvalue weighted by Crippen LogP contribution is -2.36. The number of nitrogens with one attached hydrogen (secondary N) is 1. The van der Waals surface area contributed by atoms with Crippen LogP contribution in [0.3, 0.4) is 0 Å². The van der Waals surface area contributed by atoms with Gasteiger partial charge in [0.2, 0.25) is 0 Å². The Labute approximate surface area is 212 Å². The van der Waals surface area contributed by atoms with Crippen LogP contribution < -0.4 is 10.3 Å². The summed E-state index contributed by atoms with van der Waals surface area (Å²) in [5.74, 6) is 1.59. The Morgan fingerprint density at radius 1 is 1.08 bits per heavy atom. The second kappa shape index (κ2) is 11.0. The number of pyridine rings is 1. The number of rotatable bonds is 11. The van der Waals surface area contributed by atoms with Gasteiger partial charge in [-0.3, -0.25) is 9.69 Å². The first-order valence-electron chi connectivity index (χ1n) is 12.6. The number of tetrazole rings is 1. The van der Waals surface area contributed by atoms with Crippen molar-refractivity contribution in [3.8, 4) is 5.75 Å². The lowest BCUT2D eigenvalue weighted by atomic mass is 10.00. The number of fused-ring (bicyclic) bond motifs is 1. The summed E-state index contributed by atoms with van der Waals surface area (Å²) in [4.78, 5) is 18.5. The lowest BCUT2D eigenvalue weighted by Gasteiger charge is -2.33. The Morgan fingerprint density at radius 2 is 1.86 bits per heavy atom. The van der Waals surface area contributed by atoms with Gasteiger partial charge in [0.25, 0.3) is 5.56 Å². The minimum atomic E-state index is -0.222. The maximum absolute atomic E-state index is 13.2. The van der Waals surface area contributed by atoms with Gasteiger partial charge in [-0.2, -0.15) is 0 Å². The van der Waals surface area contributed by atoms with Crippen LogP contribution in [0.5, 0.6) is 5.75 Å². The fourth-order valence-corrected chi connectivity index (χ4v) is 4.52. The normalized spacial score (nSPS) is 12.8. The number of hydrogen-bond donors (Lipinski definition) is 1. The van der Waals surface area contributed by atoms with Crippen molar-refractivity contribution in [2.24, 2.45) is 0 Å². The molecule has 1 N–H and O–H groups in total. The molecule has 0 saturated heterocycles. The van der Waals surface area contributed by atoms with E-state index in [2.05, 4.69) is 65.2 Å². The summed E-state index contributed by atoms with van der Waals surface area (Å²) in [5, 5.41) is 13.9. The summed E-state index contributed by atoms with van der Waals surface area (Å²) >= 11 is 0. The van der Waals surface area contributed by atoms with E-state index in [1.54, 1.807) is 7.11 Å². The van der Waals surface area contributed by atoms with Gasteiger partial charge >= 0.3 is 0 Å². The fourth-order valence-electron chi connectivity index (χ4n) is 4.52. The molecule has 4 aromatic rings. The number of aromatic nitrogens is 5. The van der Waals surface area contributed by atoms with Crippen LogP contribution >= 0.6 is 0 Å². The summed E-state index contributed by atoms with van der Waals surface area (Å²) in [6, 6.07) is 17.9. The highest BCUT2D eigenvalue weighted by Crippen LogP contribution is 2.31. The molecule has 2 heterocycles. The van der Waals surface area contributed by atoms with E-state index in [4.69, 9.17) is 4.74 Å². The maximum Gasteiger partial charge on any atom is 0.252 e. The third-order valence-corrected chi connectivity index (χ3v) is 6.96. The van der Waals surface area contributed by atoms with Crippen molar-refractivity contribution in [3.05, 3.63) is 81.9 Å². The van der Waals surface area contributed by atoms with Gasteiger partial charge in [0, 0.05) is 29.6 Å². The van der Waals surface area contributed by atoms with E-state index in [1.807, 2.05) is 47.1 Å². The van der Waals surface area contributed by atoms with Crippen molar-refractivity contribution in [2.45, 2.75) is 71.6 Å². The minimum Gasteiger partial charge on any atom is -0.497 e. The zero-order valence-corrected chi connectivity index (χ0v) is 21.9. The molecule has 2 aromatic heterocycles. The van der Waals surface area contributed by atoms with E-state index < -0.39 is 0 Å². The first-order chi connectivity index (χ1) is 17.4. The molecule has 0 aliphatic carbocycles. The molecule has 0 spiro atoms. The Kier molecular flexibility index (Phi) is 7.84. The smallest absolute Gasteiger partial charge is 0.252 e. The molecular formula is C28H36N6O2. The lowest BCUT2D eigenvalue weighted by molar-refractivity contribution is 0.145. The highest BCUT2D eigenvalue weighted by molar-refractivity contribution is 5.80. The van der Waals surface area contributed by atoms with Gasteiger partial charge < -0.3 is 9.72 Å². The van der Waals surface area contributed by atoms with Crippen molar-refractivity contribution in [1.82, 2.24) is 30.1 Å². The Morgan fingerprint density at radius 3 is 2.56 bits per heavy atom. The minimum absolute atomic E-state index is 0.0589. The molecular weight excluding hydrogens is 452 g/mol. The zero-order chi connectivity index (χ0) is 25.7. The van der Waals surface area contributed by atoms with Crippen LogP contribution in [0.25, 0.3) is 10.9 Å². The molecule has 190 valence electrons. The Bertz CT molecular complexity index is 1350. The largest absolute Gasteiger partial charge is 0.497 e. The molecule has 0 bridgehead atoms. The molecule has 8 nitrogen and oxygen atoms in total. The molecule has 36 heavy (non-hydrogen) atoms. The molecule has 0 fully saturated rings. The number of H-pyrrole nitrogens is 1. The van der Waals surface area contributed by atoms with Gasteiger partial charge in [-0.05, 0) is 66.9 Å². The van der Waals surface area contributed by atoms with Gasteiger partial charge in [0.05, 0.1) is 18.7 Å². The van der Waals surface area contributed by atoms with E-state index in [9.17, 15) is 4.79 Å². The van der Waals surface area contributed by atoms with E-state index >= 15 is 0 Å². The Balaban J connectivity index is 1.79. The third-order valence-electron chi connectivity index (χ3n) is 6.96. The number of aromatic amines is 1. The molecule has 0 radical (unpaired) electrons. The quantitative estimate of drug-likeness (QED) is 0.312. The van der Waals surface area contributed by atoms with Gasteiger partial charge in [-0.1, -0.05) is 50.6 Å². The number of benzene rings is 2. The maximum atomic E-state index is 13.2. The van der Waals surface area contributed by atoms with Crippen molar-refractivity contribution in [2.75, 3.05) is 7.11 Å². The highest BCUT2D eigenvalue weighted by atomic mass is 16.5. The first-order valence-corrected chi connectivity index (χ1v) is 12.6. The van der Waals surface area contributed by atoms with Crippen LogP contribution in [0.1, 0.15) is 70.0 Å². The van der Waals surface area contributed by atoms with Gasteiger partial charge in [0.15, 0.2) is 5.82 Å². The monoisotopic (exact) mass is 488 g/mol. The molecule has 2 aromatic carbocycles. The second-order valence-electron chi connectivity index (χ2n) is 9.89. The van der Waals surface area contributed by atoms with Crippen LogP contribution in [0.2, 0.25) is 0 Å². The molecule has 0 saturated carbocycles. The fraction of sp³-hybridized carbons (Fsp3) is 0.429. The average Bonchev–Trinajstić information content (AvgIpc) is 3.38. The summed E-state index contributed by atoms with van der Waals surface area (Å²) in [6.07, 6.45) is 2.72. The van der Waals surface area contributed by atoms with E-state index in [-0.39, 0.29) is 17.1 Å². The van der Waals surface area contributed by atoms with Crippen LogP contribution in [-0.2, 0) is 18.6 Å². The van der Waals surface area contributed by atoms with Crippen LogP contribution in [0, 0.1) is 0 Å². The molecule has 8 heteroatoms. The second-order valence-corrected chi connectivity index (χ2v) is 9.89. The molecule has 0 aliphatic heterocycles. The highest BCUT2D eigenvalue weighted by Gasteiger charge is 2.31. The van der Waals surface area contributed by atoms with Crippen molar-refractivity contribution >= 4 is 10.9 Å². The third kappa shape index (κ3) is 5.49. The van der Waals surface area contributed by atoms with E-state index in [0.29, 0.717) is 18.7 Å². The molecule has 0 unspecified atom stereocenters. The number of nitrogens with zero attached hydrogens (tertiary/aromatic N) is 5. The van der Waals surface area contributed by atoms with Crippen LogP contribution in [-0.4, -0.2) is 37.2 Å². The van der Waals surface area contributed by atoms with Gasteiger partial charge in [0.1, 0.15) is 5.75 Å². The standard InChI is InChI=1S/C28H36N6O2/c1-6-11-25(26-30-31-32-34(26)28(3,4)7-2)33(18-20-12-9-8-10-13-20)19-22-16-21-17-23(36-5)14-15-24(21)29-27(22)35/h8-10,12-17,25H,6-7,11,18-19H2,1-5H3,(H,29,35)/t25-/m1/s1. The van der Waals surface area contributed by atoms with Crippen molar-refractivity contribution in [3.63, 3.8) is 0 Å². The summed E-state index contributed by atoms with van der Waals surface area (Å²) in [6.45, 7) is 9.74. The summed E-state index contributed by atoms with van der Waals surface area (Å²) in [5.41, 5.74) is 2.35. The van der Waals surface area contributed by atoms with Gasteiger partial charge in [-0.25, -0.2) is 4.68 Å². The molecule has 4 rings (SSSR count). The summed E-state index contributed by atoms with van der Waals surface area (Å²) in [7, 11) is 1.65. The van der Waals surface area contributed by atoms with Crippen LogP contribution in [0.15, 0.2) is 59.4 Å². The van der Waals surface area contributed by atoms with E-state index in [0.717, 1.165) is 41.7 Å². The number of methoxy groups -OCH3 is 1. The van der Waals surface area contributed by atoms with E-state index in [1.165, 1.54) is 5.56 Å². The zero-order valence-electron chi connectivity index (χ0n) is 21.9. The Hall–Kier alpha value is -3.52. The topological polar surface area (TPSA) is 88.9 Å². The first kappa shape index (κ1) is 25.6. The predicted molar refractivity (Wildman–Crippen MR) is 142 cm³/mol. The SMILES string of the molecule is CCC[C@H](c1nnnn1C(C)(C)CC)N(Cc1ccccc1)Cc1cc2cc(OC)ccc2[nH]c1=O. The van der Waals surface area contributed by atoms with Crippen molar-refractivity contribution in [1.29, 1.82) is 0 Å². The molecule has 0 aliphatic rings. The summed E-state index contributed by atoms with van der Waals surface area (Å²) < 4.78 is 7.36. The predicted octanol–water partition coefficient (Wildman–Crippen LogP) is 5.21. The van der Waals surface area contributed by atoms with Crippen LogP contribution in [0.4, 0.5) is 0 Å².